The minimum Gasteiger partial charge on any atom is -0.449 e. The summed E-state index contributed by atoms with van der Waals surface area (Å²) in [5, 5.41) is 10.6. The Hall–Kier alpha value is -3.63. The Bertz CT molecular complexity index is 1700. The average molecular weight is 674 g/mol. The number of likely N-dealkylation sites (tertiary alicyclic amines) is 1. The van der Waals surface area contributed by atoms with Gasteiger partial charge in [0.1, 0.15) is 18.3 Å². The molecule has 0 aliphatic carbocycles. The van der Waals surface area contributed by atoms with E-state index < -0.39 is 10.0 Å². The molecule has 4 aliphatic heterocycles. The van der Waals surface area contributed by atoms with Gasteiger partial charge in [-0.15, -0.1) is 0 Å². The van der Waals surface area contributed by atoms with Crippen LogP contribution in [-0.4, -0.2) is 134 Å². The Labute approximate surface area is 285 Å². The van der Waals surface area contributed by atoms with E-state index in [1.54, 1.807) is 6.20 Å². The molecule has 6 heterocycles. The van der Waals surface area contributed by atoms with Crippen molar-refractivity contribution in [3.05, 3.63) is 59.5 Å². The number of nitriles is 1. The first-order chi connectivity index (χ1) is 23.1. The summed E-state index contributed by atoms with van der Waals surface area (Å²) in [5.74, 6) is 0.921. The van der Waals surface area contributed by atoms with Crippen molar-refractivity contribution in [1.29, 1.82) is 5.26 Å². The van der Waals surface area contributed by atoms with Crippen molar-refractivity contribution >= 4 is 38.4 Å². The largest absolute Gasteiger partial charge is 0.449 e. The molecule has 7 rings (SSSR count). The van der Waals surface area contributed by atoms with Gasteiger partial charge in [0, 0.05) is 87.5 Å². The molecule has 3 saturated heterocycles. The second kappa shape index (κ2) is 13.3. The van der Waals surface area contributed by atoms with Gasteiger partial charge >= 0.3 is 6.09 Å². The predicted octanol–water partition coefficient (Wildman–Crippen LogP) is 3.88. The van der Waals surface area contributed by atoms with E-state index in [0.717, 1.165) is 91.5 Å². The number of anilines is 2. The van der Waals surface area contributed by atoms with E-state index in [-0.39, 0.29) is 23.9 Å². The van der Waals surface area contributed by atoms with Gasteiger partial charge in [0.15, 0.2) is 0 Å². The first-order valence-corrected chi connectivity index (χ1v) is 20.0. The lowest BCUT2D eigenvalue weighted by atomic mass is 9.91. The number of fused-ring (bicyclic) bond motifs is 2. The fraction of sp³-hybridized carbons (Fsp3) is 0.556. The minimum absolute atomic E-state index is 0.0577. The van der Waals surface area contributed by atoms with Crippen LogP contribution in [0.3, 0.4) is 0 Å². The van der Waals surface area contributed by atoms with Gasteiger partial charge in [-0.1, -0.05) is 0 Å². The SMILES string of the molecule is C[C@@H]1CN(c2ccc(C#N)c3ncccc23)C[C@H](CN2CC3(C2)CN(c2cnc4c(c2)CN(C(=O)OCCS(C)(C)C)CC4)CCO3)O1. The summed E-state index contributed by atoms with van der Waals surface area (Å²) in [4.78, 5) is 31.2. The second-order valence-corrected chi connectivity index (χ2v) is 19.2. The predicted molar refractivity (Wildman–Crippen MR) is 190 cm³/mol. The van der Waals surface area contributed by atoms with Gasteiger partial charge in [0.2, 0.25) is 0 Å². The molecule has 3 fully saturated rings. The molecule has 2 aromatic heterocycles. The lowest BCUT2D eigenvalue weighted by molar-refractivity contribution is -0.161. The number of nitrogens with zero attached hydrogens (tertiary/aromatic N) is 7. The molecule has 48 heavy (non-hydrogen) atoms. The molecular formula is C36H47N7O4S. The summed E-state index contributed by atoms with van der Waals surface area (Å²) in [7, 11) is -0.702. The highest BCUT2D eigenvalue weighted by molar-refractivity contribution is 8.32. The number of aromatic nitrogens is 2. The quantitative estimate of drug-likeness (QED) is 0.367. The third kappa shape index (κ3) is 7.06. The van der Waals surface area contributed by atoms with Crippen LogP contribution in [0.1, 0.15) is 23.7 Å². The minimum atomic E-state index is -0.702. The molecule has 0 radical (unpaired) electrons. The van der Waals surface area contributed by atoms with Crippen LogP contribution < -0.4 is 9.80 Å². The van der Waals surface area contributed by atoms with E-state index >= 15 is 0 Å². The zero-order chi connectivity index (χ0) is 33.5. The second-order valence-electron chi connectivity index (χ2n) is 14.6. The van der Waals surface area contributed by atoms with Crippen molar-refractivity contribution in [2.75, 3.05) is 99.9 Å². The Morgan fingerprint density at radius 1 is 1.12 bits per heavy atom. The van der Waals surface area contributed by atoms with E-state index in [1.165, 1.54) is 0 Å². The maximum Gasteiger partial charge on any atom is 0.410 e. The van der Waals surface area contributed by atoms with Crippen LogP contribution in [0.15, 0.2) is 42.7 Å². The summed E-state index contributed by atoms with van der Waals surface area (Å²) < 4.78 is 18.5. The number of carbonyl (C=O) groups excluding carboxylic acids is 1. The summed E-state index contributed by atoms with van der Waals surface area (Å²) in [6.07, 6.45) is 11.1. The lowest BCUT2D eigenvalue weighted by Crippen LogP contribution is -2.71. The number of morpholine rings is 2. The Balaban J connectivity index is 0.954. The first kappa shape index (κ1) is 32.9. The van der Waals surface area contributed by atoms with Crippen molar-refractivity contribution in [1.82, 2.24) is 19.8 Å². The molecule has 4 aliphatic rings. The molecular weight excluding hydrogens is 627 g/mol. The van der Waals surface area contributed by atoms with Crippen LogP contribution in [0.5, 0.6) is 0 Å². The fourth-order valence-electron chi connectivity index (χ4n) is 7.52. The number of ether oxygens (including phenoxy) is 3. The number of pyridine rings is 2. The van der Waals surface area contributed by atoms with Crippen LogP contribution in [-0.2, 0) is 27.2 Å². The topological polar surface area (TPSA) is 107 Å². The third-order valence-corrected chi connectivity index (χ3v) is 11.2. The van der Waals surface area contributed by atoms with Gasteiger partial charge in [-0.25, -0.2) is 14.8 Å². The highest BCUT2D eigenvalue weighted by Crippen LogP contribution is 2.35. The van der Waals surface area contributed by atoms with E-state index in [9.17, 15) is 10.1 Å². The summed E-state index contributed by atoms with van der Waals surface area (Å²) >= 11 is 0. The molecule has 11 nitrogen and oxygen atoms in total. The first-order valence-electron chi connectivity index (χ1n) is 16.9. The Kier molecular flexibility index (Phi) is 9.15. The highest BCUT2D eigenvalue weighted by atomic mass is 32.3. The van der Waals surface area contributed by atoms with Crippen molar-refractivity contribution in [3.8, 4) is 6.07 Å². The molecule has 0 unspecified atom stereocenters. The average Bonchev–Trinajstić information content (AvgIpc) is 3.06. The lowest BCUT2D eigenvalue weighted by Gasteiger charge is -2.55. The molecule has 1 amide bonds. The molecule has 256 valence electrons. The number of benzene rings is 1. The maximum absolute atomic E-state index is 12.8. The molecule has 12 heteroatoms. The number of rotatable bonds is 7. The summed E-state index contributed by atoms with van der Waals surface area (Å²) in [6.45, 7) is 10.2. The molecule has 1 aromatic carbocycles. The number of amides is 1. The number of carbonyl (C=O) groups is 1. The molecule has 1 spiro atoms. The smallest absolute Gasteiger partial charge is 0.410 e. The van der Waals surface area contributed by atoms with Gasteiger partial charge in [-0.2, -0.15) is 5.26 Å². The molecule has 0 bridgehead atoms. The fourth-order valence-corrected chi connectivity index (χ4v) is 8.10. The number of hydrogen-bond acceptors (Lipinski definition) is 10. The van der Waals surface area contributed by atoms with E-state index in [2.05, 4.69) is 69.6 Å². The van der Waals surface area contributed by atoms with Gasteiger partial charge in [-0.05, 0) is 61.6 Å². The Morgan fingerprint density at radius 2 is 1.98 bits per heavy atom. The van der Waals surface area contributed by atoms with Crippen molar-refractivity contribution in [2.24, 2.45) is 0 Å². The third-order valence-electron chi connectivity index (χ3n) is 9.84. The molecule has 0 N–H and O–H groups in total. The molecule has 3 aromatic rings. The van der Waals surface area contributed by atoms with Gasteiger partial charge in [0.05, 0.1) is 48.3 Å². The number of hydrogen-bond donors (Lipinski definition) is 0. The van der Waals surface area contributed by atoms with Crippen LogP contribution >= 0.6 is 10.0 Å². The zero-order valence-electron chi connectivity index (χ0n) is 28.6. The monoisotopic (exact) mass is 673 g/mol. The van der Waals surface area contributed by atoms with Gasteiger partial charge in [-0.3, -0.25) is 14.9 Å². The summed E-state index contributed by atoms with van der Waals surface area (Å²) in [5.41, 5.74) is 5.49. The Morgan fingerprint density at radius 3 is 2.79 bits per heavy atom. The van der Waals surface area contributed by atoms with Gasteiger partial charge < -0.3 is 28.9 Å². The van der Waals surface area contributed by atoms with E-state index in [4.69, 9.17) is 19.2 Å². The molecule has 2 atom stereocenters. The van der Waals surface area contributed by atoms with Crippen LogP contribution in [0.2, 0.25) is 0 Å². The maximum atomic E-state index is 12.8. The van der Waals surface area contributed by atoms with Crippen LogP contribution in [0.25, 0.3) is 10.9 Å². The van der Waals surface area contributed by atoms with Crippen LogP contribution in [0.4, 0.5) is 16.2 Å². The van der Waals surface area contributed by atoms with Crippen molar-refractivity contribution in [2.45, 2.75) is 37.7 Å². The standard InChI is InChI=1S/C36H47N7O4S/c1-26-19-43(33-8-7-27(17-37)34-31(33)6-5-10-38-34)22-30(47-26)21-40-23-36(24-40)25-42(12-13-46-36)29-16-28-20-41(11-9-32(28)39-18-29)35(44)45-14-15-48(2,3)4/h5-8,10,16,18,26,30H,9,11-15,19-25H2,1-4H3/t26-,30+/m1/s1. The van der Waals surface area contributed by atoms with E-state index in [1.807, 2.05) is 23.2 Å². The van der Waals surface area contributed by atoms with E-state index in [0.29, 0.717) is 31.9 Å². The zero-order valence-corrected chi connectivity index (χ0v) is 29.4. The van der Waals surface area contributed by atoms with Crippen molar-refractivity contribution < 1.29 is 19.0 Å². The van der Waals surface area contributed by atoms with Gasteiger partial charge in [0.25, 0.3) is 0 Å². The summed E-state index contributed by atoms with van der Waals surface area (Å²) in [6, 6.07) is 12.4. The normalized spacial score (nSPS) is 23.0. The molecule has 0 saturated carbocycles. The van der Waals surface area contributed by atoms with Crippen molar-refractivity contribution in [3.63, 3.8) is 0 Å². The van der Waals surface area contributed by atoms with Crippen LogP contribution in [0, 0.1) is 11.3 Å². The highest BCUT2D eigenvalue weighted by Gasteiger charge is 2.48.